The minimum atomic E-state index is -0.172. The van der Waals surface area contributed by atoms with Gasteiger partial charge in [0.05, 0.1) is 5.69 Å². The summed E-state index contributed by atoms with van der Waals surface area (Å²) in [4.78, 5) is 13.2. The standard InChI is InChI=1S/C14H16N4OS/c19-14(16-12-5-7-15-10-12)18-8-6-11(17-18)3-4-13-2-1-9-20-13/h1-4,6,8-9,12,15H,5,7,10H2,(H,16,19)/b4-3+. The minimum Gasteiger partial charge on any atom is -0.332 e. The van der Waals surface area contributed by atoms with Crippen LogP contribution in [0.2, 0.25) is 0 Å². The second-order valence-corrected chi connectivity index (χ2v) is 5.65. The third kappa shape index (κ3) is 3.15. The molecule has 5 nitrogen and oxygen atoms in total. The highest BCUT2D eigenvalue weighted by molar-refractivity contribution is 7.10. The highest BCUT2D eigenvalue weighted by Gasteiger charge is 2.17. The van der Waals surface area contributed by atoms with Crippen LogP contribution in [0.3, 0.4) is 0 Å². The molecule has 20 heavy (non-hydrogen) atoms. The number of amides is 1. The van der Waals surface area contributed by atoms with Crippen LogP contribution in [0.5, 0.6) is 0 Å². The molecule has 0 aromatic carbocycles. The smallest absolute Gasteiger partial charge is 0.332 e. The van der Waals surface area contributed by atoms with Crippen molar-refractivity contribution in [3.8, 4) is 0 Å². The molecule has 1 saturated heterocycles. The fraction of sp³-hybridized carbons (Fsp3) is 0.286. The molecule has 0 saturated carbocycles. The Hall–Kier alpha value is -1.92. The zero-order chi connectivity index (χ0) is 13.8. The molecule has 1 atom stereocenters. The number of thiophene rings is 1. The zero-order valence-corrected chi connectivity index (χ0v) is 11.8. The summed E-state index contributed by atoms with van der Waals surface area (Å²) in [5.41, 5.74) is 0.776. The molecular weight excluding hydrogens is 272 g/mol. The summed E-state index contributed by atoms with van der Waals surface area (Å²) >= 11 is 1.67. The highest BCUT2D eigenvalue weighted by Crippen LogP contribution is 2.12. The average Bonchev–Trinajstić information content (AvgIpc) is 3.19. The van der Waals surface area contributed by atoms with Crippen molar-refractivity contribution in [3.05, 3.63) is 40.3 Å². The number of nitrogens with zero attached hydrogens (tertiary/aromatic N) is 2. The summed E-state index contributed by atoms with van der Waals surface area (Å²) in [5.74, 6) is 0. The lowest BCUT2D eigenvalue weighted by Gasteiger charge is -2.10. The van der Waals surface area contributed by atoms with E-state index in [2.05, 4.69) is 15.7 Å². The van der Waals surface area contributed by atoms with Crippen molar-refractivity contribution in [3.63, 3.8) is 0 Å². The molecule has 2 aromatic rings. The third-order valence-electron chi connectivity index (χ3n) is 3.17. The average molecular weight is 288 g/mol. The molecule has 3 heterocycles. The summed E-state index contributed by atoms with van der Waals surface area (Å²) < 4.78 is 1.35. The summed E-state index contributed by atoms with van der Waals surface area (Å²) in [6, 6.07) is 5.91. The molecule has 3 rings (SSSR count). The van der Waals surface area contributed by atoms with Crippen LogP contribution in [0.1, 0.15) is 17.0 Å². The van der Waals surface area contributed by atoms with Crippen LogP contribution in [0.4, 0.5) is 4.79 Å². The first-order valence-electron chi connectivity index (χ1n) is 6.60. The third-order valence-corrected chi connectivity index (χ3v) is 4.00. The minimum absolute atomic E-state index is 0.172. The van der Waals surface area contributed by atoms with Crippen LogP contribution < -0.4 is 10.6 Å². The van der Waals surface area contributed by atoms with E-state index in [-0.39, 0.29) is 12.1 Å². The first-order chi connectivity index (χ1) is 9.81. The predicted molar refractivity (Wildman–Crippen MR) is 80.7 cm³/mol. The molecule has 6 heteroatoms. The lowest BCUT2D eigenvalue weighted by atomic mass is 10.3. The summed E-state index contributed by atoms with van der Waals surface area (Å²) in [7, 11) is 0. The molecule has 0 bridgehead atoms. The second kappa shape index (κ2) is 6.02. The quantitative estimate of drug-likeness (QED) is 0.908. The van der Waals surface area contributed by atoms with Gasteiger partial charge in [-0.1, -0.05) is 6.07 Å². The maximum atomic E-state index is 12.0. The predicted octanol–water partition coefficient (Wildman–Crippen LogP) is 2.03. The van der Waals surface area contributed by atoms with Crippen molar-refractivity contribution < 1.29 is 4.79 Å². The van der Waals surface area contributed by atoms with Crippen molar-refractivity contribution in [1.29, 1.82) is 0 Å². The molecule has 0 spiro atoms. The van der Waals surface area contributed by atoms with Crippen LogP contribution in [0, 0.1) is 0 Å². The molecule has 1 amide bonds. The Kier molecular flexibility index (Phi) is 3.94. The zero-order valence-electron chi connectivity index (χ0n) is 11.0. The van der Waals surface area contributed by atoms with E-state index >= 15 is 0 Å². The molecule has 0 aliphatic carbocycles. The summed E-state index contributed by atoms with van der Waals surface area (Å²) in [6.45, 7) is 1.79. The first-order valence-corrected chi connectivity index (χ1v) is 7.48. The molecular formula is C14H16N4OS. The second-order valence-electron chi connectivity index (χ2n) is 4.67. The number of aromatic nitrogens is 2. The van der Waals surface area contributed by atoms with Crippen LogP contribution in [-0.2, 0) is 0 Å². The largest absolute Gasteiger partial charge is 0.342 e. The van der Waals surface area contributed by atoms with Gasteiger partial charge in [0.25, 0.3) is 0 Å². The summed E-state index contributed by atoms with van der Waals surface area (Å²) in [6.07, 6.45) is 6.56. The van der Waals surface area contributed by atoms with Crippen LogP contribution in [-0.4, -0.2) is 34.9 Å². The fourth-order valence-electron chi connectivity index (χ4n) is 2.11. The van der Waals surface area contributed by atoms with Gasteiger partial charge in [-0.3, -0.25) is 0 Å². The Labute approximate surface area is 121 Å². The Morgan fingerprint density at radius 2 is 2.45 bits per heavy atom. The van der Waals surface area contributed by atoms with Gasteiger partial charge in [-0.05, 0) is 42.6 Å². The topological polar surface area (TPSA) is 59.0 Å². The van der Waals surface area contributed by atoms with E-state index < -0.39 is 0 Å². The Balaban J connectivity index is 1.62. The fourth-order valence-corrected chi connectivity index (χ4v) is 2.73. The van der Waals surface area contributed by atoms with Crippen molar-refractivity contribution in [2.24, 2.45) is 0 Å². The molecule has 0 radical (unpaired) electrons. The lowest BCUT2D eigenvalue weighted by Crippen LogP contribution is -2.39. The number of carbonyl (C=O) groups is 1. The van der Waals surface area contributed by atoms with Gasteiger partial charge in [0.1, 0.15) is 0 Å². The van der Waals surface area contributed by atoms with E-state index in [1.54, 1.807) is 17.5 Å². The van der Waals surface area contributed by atoms with Gasteiger partial charge < -0.3 is 10.6 Å². The van der Waals surface area contributed by atoms with Gasteiger partial charge in [0.15, 0.2) is 0 Å². The number of hydrogen-bond acceptors (Lipinski definition) is 4. The number of nitrogens with one attached hydrogen (secondary N) is 2. The van der Waals surface area contributed by atoms with E-state index in [0.29, 0.717) is 0 Å². The van der Waals surface area contributed by atoms with Crippen molar-refractivity contribution in [1.82, 2.24) is 20.4 Å². The Morgan fingerprint density at radius 3 is 3.20 bits per heavy atom. The van der Waals surface area contributed by atoms with E-state index in [1.807, 2.05) is 35.7 Å². The van der Waals surface area contributed by atoms with Crippen LogP contribution in [0.25, 0.3) is 12.2 Å². The molecule has 2 N–H and O–H groups in total. The van der Waals surface area contributed by atoms with Crippen LogP contribution in [0.15, 0.2) is 29.8 Å². The van der Waals surface area contributed by atoms with Gasteiger partial charge in [-0.25, -0.2) is 4.79 Å². The lowest BCUT2D eigenvalue weighted by molar-refractivity contribution is 0.236. The number of rotatable bonds is 3. The van der Waals surface area contributed by atoms with Gasteiger partial charge >= 0.3 is 6.03 Å². The Morgan fingerprint density at radius 1 is 1.50 bits per heavy atom. The van der Waals surface area contributed by atoms with Crippen LogP contribution >= 0.6 is 11.3 Å². The number of carbonyl (C=O) groups excluding carboxylic acids is 1. The normalized spacial score (nSPS) is 18.7. The molecule has 1 aliphatic heterocycles. The molecule has 2 aromatic heterocycles. The molecule has 1 aliphatic rings. The Bertz CT molecular complexity index is 596. The van der Waals surface area contributed by atoms with Gasteiger partial charge in [0.2, 0.25) is 0 Å². The first kappa shape index (κ1) is 13.1. The maximum Gasteiger partial charge on any atom is 0.342 e. The SMILES string of the molecule is O=C(NC1CCNC1)n1ccc(/C=C/c2cccs2)n1. The summed E-state index contributed by atoms with van der Waals surface area (Å²) in [5, 5.41) is 12.5. The monoisotopic (exact) mass is 288 g/mol. The molecule has 1 unspecified atom stereocenters. The maximum absolute atomic E-state index is 12.0. The van der Waals surface area contributed by atoms with Crippen molar-refractivity contribution >= 4 is 29.5 Å². The molecule has 1 fully saturated rings. The van der Waals surface area contributed by atoms with Gasteiger partial charge in [-0.15, -0.1) is 11.3 Å². The van der Waals surface area contributed by atoms with Crippen molar-refractivity contribution in [2.75, 3.05) is 13.1 Å². The van der Waals surface area contributed by atoms with E-state index in [0.717, 1.165) is 25.2 Å². The molecule has 104 valence electrons. The van der Waals surface area contributed by atoms with Crippen molar-refractivity contribution in [2.45, 2.75) is 12.5 Å². The van der Waals surface area contributed by atoms with E-state index in [4.69, 9.17) is 0 Å². The van der Waals surface area contributed by atoms with E-state index in [9.17, 15) is 4.79 Å². The van der Waals surface area contributed by atoms with Gasteiger partial charge in [-0.2, -0.15) is 9.78 Å². The van der Waals surface area contributed by atoms with E-state index in [1.165, 1.54) is 9.56 Å². The number of hydrogen-bond donors (Lipinski definition) is 2. The van der Waals surface area contributed by atoms with Gasteiger partial charge in [0, 0.05) is 23.7 Å². The highest BCUT2D eigenvalue weighted by atomic mass is 32.1.